The zero-order valence-electron chi connectivity index (χ0n) is 17.4. The Kier molecular flexibility index (Phi) is 6.21. The number of hydrogen-bond donors (Lipinski definition) is 3. The van der Waals surface area contributed by atoms with Gasteiger partial charge in [-0.25, -0.2) is 8.42 Å². The van der Waals surface area contributed by atoms with Crippen LogP contribution < -0.4 is 26.2 Å². The van der Waals surface area contributed by atoms with Crippen LogP contribution in [0.5, 0.6) is 11.5 Å². The van der Waals surface area contributed by atoms with Crippen molar-refractivity contribution in [2.75, 3.05) is 44.8 Å². The minimum absolute atomic E-state index is 0.0724. The van der Waals surface area contributed by atoms with E-state index in [4.69, 9.17) is 21.1 Å². The van der Waals surface area contributed by atoms with E-state index in [9.17, 15) is 23.1 Å². The third-order valence-electron chi connectivity index (χ3n) is 5.90. The number of piperidine rings is 1. The van der Waals surface area contributed by atoms with E-state index in [0.29, 0.717) is 32.6 Å². The molecule has 10 nitrogen and oxygen atoms in total. The summed E-state index contributed by atoms with van der Waals surface area (Å²) in [5, 5.41) is 16.7. The number of nitrogens with zero attached hydrogens (tertiary/aromatic N) is 1. The number of sulfonamides is 1. The van der Waals surface area contributed by atoms with Crippen LogP contribution in [0, 0.1) is 0 Å². The van der Waals surface area contributed by atoms with Gasteiger partial charge in [0.25, 0.3) is 10.9 Å². The maximum absolute atomic E-state index is 13.3. The molecule has 12 heteroatoms. The molecule has 4 rings (SSSR count). The number of phenols is 1. The average Bonchev–Trinajstić information content (AvgIpc) is 2.78. The van der Waals surface area contributed by atoms with Crippen LogP contribution in [0.3, 0.4) is 0 Å². The first kappa shape index (κ1) is 23.0. The van der Waals surface area contributed by atoms with Crippen LogP contribution in [0.1, 0.15) is 19.8 Å². The number of nitrogens with one attached hydrogen (secondary N) is 2. The van der Waals surface area contributed by atoms with Crippen molar-refractivity contribution < 1.29 is 23.0 Å². The highest BCUT2D eigenvalue weighted by Gasteiger charge is 2.41. The van der Waals surface area contributed by atoms with Crippen LogP contribution in [0.15, 0.2) is 26.6 Å². The summed E-state index contributed by atoms with van der Waals surface area (Å²) in [6.45, 7) is 4.16. The molecule has 2 aromatic rings. The molecule has 2 fully saturated rings. The maximum Gasteiger partial charge on any atom is 0.272 e. The predicted octanol–water partition coefficient (Wildman–Crippen LogP) is 0.927. The molecule has 0 bridgehead atoms. The Labute approximate surface area is 189 Å². The fourth-order valence-corrected chi connectivity index (χ4v) is 6.14. The Morgan fingerprint density at radius 2 is 2.00 bits per heavy atom. The van der Waals surface area contributed by atoms with E-state index in [0.717, 1.165) is 0 Å². The van der Waals surface area contributed by atoms with Gasteiger partial charge in [-0.05, 0) is 31.9 Å². The summed E-state index contributed by atoms with van der Waals surface area (Å²) in [5.41, 5.74) is -2.05. The lowest BCUT2D eigenvalue weighted by Gasteiger charge is -2.44. The van der Waals surface area contributed by atoms with Crippen molar-refractivity contribution in [2.24, 2.45) is 0 Å². The Morgan fingerprint density at radius 3 is 2.62 bits per heavy atom. The third-order valence-corrected chi connectivity index (χ3v) is 8.30. The SMILES string of the molecule is CCOc1c(Nc2ccc(Cl)c(S(=O)(=O)N3CCC4(CC3)COCCN4)c2O)c(=O)c1=O. The molecule has 0 unspecified atom stereocenters. The van der Waals surface area contributed by atoms with Gasteiger partial charge in [-0.2, -0.15) is 4.31 Å². The van der Waals surface area contributed by atoms with Crippen molar-refractivity contribution in [1.29, 1.82) is 0 Å². The van der Waals surface area contributed by atoms with Crippen LogP contribution in [0.2, 0.25) is 5.02 Å². The molecule has 2 saturated heterocycles. The second kappa shape index (κ2) is 8.64. The summed E-state index contributed by atoms with van der Waals surface area (Å²) < 4.78 is 38.7. The van der Waals surface area contributed by atoms with Gasteiger partial charge >= 0.3 is 0 Å². The third kappa shape index (κ3) is 3.88. The summed E-state index contributed by atoms with van der Waals surface area (Å²) in [6.07, 6.45) is 1.12. The second-order valence-electron chi connectivity index (χ2n) is 7.86. The molecule has 0 aliphatic carbocycles. The molecule has 0 saturated carbocycles. The molecule has 174 valence electrons. The quantitative estimate of drug-likeness (QED) is 0.403. The van der Waals surface area contributed by atoms with E-state index in [1.807, 2.05) is 0 Å². The van der Waals surface area contributed by atoms with Gasteiger partial charge in [-0.1, -0.05) is 11.6 Å². The first-order valence-electron chi connectivity index (χ1n) is 10.3. The molecular weight excluding hydrogens is 462 g/mol. The van der Waals surface area contributed by atoms with Crippen molar-refractivity contribution in [3.63, 3.8) is 0 Å². The number of hydrogen-bond acceptors (Lipinski definition) is 9. The van der Waals surface area contributed by atoms with Crippen LogP contribution in [0.4, 0.5) is 11.4 Å². The van der Waals surface area contributed by atoms with Crippen LogP contribution in [-0.2, 0) is 14.8 Å². The van der Waals surface area contributed by atoms with Crippen LogP contribution >= 0.6 is 11.6 Å². The standard InChI is InChI=1S/C20H24ClN3O7S/c1-2-31-18-14(16(26)17(18)27)23-13-4-3-12(21)19(15(13)25)32(28,29)24-8-5-20(6-9-24)11-30-10-7-22-20/h3-4,22-23,25H,2,5-11H2,1H3. The van der Waals surface area contributed by atoms with Gasteiger partial charge in [0.2, 0.25) is 10.0 Å². The highest BCUT2D eigenvalue weighted by Crippen LogP contribution is 2.41. The lowest BCUT2D eigenvalue weighted by molar-refractivity contribution is 0.00456. The highest BCUT2D eigenvalue weighted by molar-refractivity contribution is 7.89. The number of phenolic OH excluding ortho intramolecular Hbond substituents is 1. The minimum atomic E-state index is -4.13. The summed E-state index contributed by atoms with van der Waals surface area (Å²) >= 11 is 6.18. The van der Waals surface area contributed by atoms with E-state index in [-0.39, 0.29) is 47.4 Å². The molecular formula is C20H24ClN3O7S. The molecule has 2 aliphatic heterocycles. The number of anilines is 2. The lowest BCUT2D eigenvalue weighted by atomic mass is 9.88. The summed E-state index contributed by atoms with van der Waals surface area (Å²) in [5.74, 6) is -0.785. The Balaban J connectivity index is 1.61. The predicted molar refractivity (Wildman–Crippen MR) is 118 cm³/mol. The Hall–Kier alpha value is -2.18. The Bertz CT molecular complexity index is 1190. The number of rotatable bonds is 6. The average molecular weight is 486 g/mol. The van der Waals surface area contributed by atoms with E-state index < -0.39 is 31.5 Å². The first-order chi connectivity index (χ1) is 15.2. The van der Waals surface area contributed by atoms with Crippen molar-refractivity contribution >= 4 is 33.0 Å². The number of halogens is 1. The fourth-order valence-electron chi connectivity index (χ4n) is 4.11. The van der Waals surface area contributed by atoms with Crippen LogP contribution in [-0.4, -0.2) is 62.8 Å². The van der Waals surface area contributed by atoms with Gasteiger partial charge in [0.15, 0.2) is 11.5 Å². The summed E-state index contributed by atoms with van der Waals surface area (Å²) in [4.78, 5) is 23.1. The van der Waals surface area contributed by atoms with E-state index in [1.54, 1.807) is 6.92 Å². The maximum atomic E-state index is 13.3. The minimum Gasteiger partial charge on any atom is -0.504 e. The van der Waals surface area contributed by atoms with Gasteiger partial charge in [0.05, 0.1) is 30.5 Å². The number of benzene rings is 1. The molecule has 2 aliphatic rings. The van der Waals surface area contributed by atoms with E-state index in [1.165, 1.54) is 16.4 Å². The van der Waals surface area contributed by atoms with Gasteiger partial charge < -0.3 is 25.2 Å². The molecule has 32 heavy (non-hydrogen) atoms. The molecule has 1 spiro atoms. The monoisotopic (exact) mass is 485 g/mol. The zero-order valence-corrected chi connectivity index (χ0v) is 19.0. The molecule has 0 radical (unpaired) electrons. The van der Waals surface area contributed by atoms with Gasteiger partial charge in [0, 0.05) is 25.2 Å². The zero-order chi connectivity index (χ0) is 23.1. The van der Waals surface area contributed by atoms with Gasteiger partial charge in [-0.15, -0.1) is 0 Å². The largest absolute Gasteiger partial charge is 0.504 e. The van der Waals surface area contributed by atoms with Crippen molar-refractivity contribution in [1.82, 2.24) is 9.62 Å². The summed E-state index contributed by atoms with van der Waals surface area (Å²) in [7, 11) is -4.13. The highest BCUT2D eigenvalue weighted by atomic mass is 35.5. The number of morpholine rings is 1. The normalized spacial score (nSPS) is 19.3. The first-order valence-corrected chi connectivity index (χ1v) is 12.1. The lowest BCUT2D eigenvalue weighted by Crippen LogP contribution is -2.60. The van der Waals surface area contributed by atoms with E-state index >= 15 is 0 Å². The van der Waals surface area contributed by atoms with Crippen LogP contribution in [0.25, 0.3) is 0 Å². The second-order valence-corrected chi connectivity index (χ2v) is 10.1. The molecule has 0 atom stereocenters. The number of aromatic hydroxyl groups is 1. The molecule has 0 aromatic heterocycles. The fraction of sp³-hybridized carbons (Fsp3) is 0.500. The van der Waals surface area contributed by atoms with Gasteiger partial charge in [-0.3, -0.25) is 9.59 Å². The number of ether oxygens (including phenoxy) is 2. The topological polar surface area (TPSA) is 134 Å². The van der Waals surface area contributed by atoms with Crippen molar-refractivity contribution in [2.45, 2.75) is 30.2 Å². The smallest absolute Gasteiger partial charge is 0.272 e. The molecule has 0 amide bonds. The van der Waals surface area contributed by atoms with Crippen molar-refractivity contribution in [3.8, 4) is 11.5 Å². The molecule has 3 N–H and O–H groups in total. The molecule has 2 heterocycles. The molecule has 2 aromatic carbocycles. The van der Waals surface area contributed by atoms with Crippen molar-refractivity contribution in [3.05, 3.63) is 37.6 Å². The van der Waals surface area contributed by atoms with Gasteiger partial charge in [0.1, 0.15) is 10.6 Å². The summed E-state index contributed by atoms with van der Waals surface area (Å²) in [6, 6.07) is 2.64. The van der Waals surface area contributed by atoms with E-state index in [2.05, 4.69) is 10.6 Å². The Morgan fingerprint density at radius 1 is 1.28 bits per heavy atom.